The zero-order chi connectivity index (χ0) is 19.2. The molecule has 0 aromatic rings. The molecule has 1 amide bonds. The van der Waals surface area contributed by atoms with E-state index in [0.29, 0.717) is 0 Å². The Labute approximate surface area is 159 Å². The summed E-state index contributed by atoms with van der Waals surface area (Å²) < 4.78 is 14.4. The van der Waals surface area contributed by atoms with Crippen molar-refractivity contribution in [1.29, 1.82) is 0 Å². The molecule has 26 heavy (non-hydrogen) atoms. The van der Waals surface area contributed by atoms with Gasteiger partial charge in [-0.05, 0) is 33.6 Å². The number of nitrogens with one attached hydrogen (secondary N) is 1. The number of rotatable bonds is 12. The average molecular weight is 397 g/mol. The van der Waals surface area contributed by atoms with Crippen LogP contribution in [0.1, 0.15) is 46.5 Å². The summed E-state index contributed by atoms with van der Waals surface area (Å²) in [5, 5.41) is 2.50. The van der Waals surface area contributed by atoms with E-state index in [1.807, 2.05) is 0 Å². The lowest BCUT2D eigenvalue weighted by Crippen LogP contribution is -2.43. The van der Waals surface area contributed by atoms with Crippen molar-refractivity contribution in [2.24, 2.45) is 5.73 Å². The molecule has 152 valence electrons. The van der Waals surface area contributed by atoms with Crippen LogP contribution in [-0.4, -0.2) is 55.7 Å². The summed E-state index contributed by atoms with van der Waals surface area (Å²) in [4.78, 5) is 46.7. The van der Waals surface area contributed by atoms with E-state index in [0.717, 1.165) is 0 Å². The van der Waals surface area contributed by atoms with E-state index in [1.54, 1.807) is 20.8 Å². The largest absolute Gasteiger partial charge is 0.466 e. The molecule has 10 heteroatoms. The summed E-state index contributed by atoms with van der Waals surface area (Å²) in [5.74, 6) is -2.15. The van der Waals surface area contributed by atoms with Crippen LogP contribution < -0.4 is 11.1 Å². The topological polar surface area (TPSA) is 134 Å². The number of ether oxygens (including phenoxy) is 3. The van der Waals surface area contributed by atoms with Crippen LogP contribution in [-0.2, 0) is 33.4 Å². The smallest absolute Gasteiger partial charge is 0.328 e. The van der Waals surface area contributed by atoms with Crippen LogP contribution in [0.25, 0.3) is 0 Å². The zero-order valence-corrected chi connectivity index (χ0v) is 16.3. The van der Waals surface area contributed by atoms with Gasteiger partial charge < -0.3 is 25.3 Å². The Hall–Kier alpha value is -1.87. The molecule has 0 radical (unpaired) electrons. The van der Waals surface area contributed by atoms with Crippen molar-refractivity contribution in [3.63, 3.8) is 0 Å². The van der Waals surface area contributed by atoms with E-state index in [9.17, 15) is 19.2 Å². The van der Waals surface area contributed by atoms with Gasteiger partial charge in [-0.15, -0.1) is 12.4 Å². The highest BCUT2D eigenvalue weighted by Gasteiger charge is 2.24. The van der Waals surface area contributed by atoms with Gasteiger partial charge in [-0.2, -0.15) is 0 Å². The first-order chi connectivity index (χ1) is 11.8. The third kappa shape index (κ3) is 11.6. The fourth-order valence-electron chi connectivity index (χ4n) is 1.91. The second-order valence-electron chi connectivity index (χ2n) is 5.11. The molecule has 0 aliphatic rings. The fraction of sp³-hybridized carbons (Fsp3) is 0.750. The maximum absolute atomic E-state index is 12.0. The number of amides is 1. The Morgan fingerprint density at radius 3 is 1.92 bits per heavy atom. The monoisotopic (exact) mass is 396 g/mol. The summed E-state index contributed by atoms with van der Waals surface area (Å²) in [5.41, 5.74) is 5.61. The standard InChI is InChI=1S/C16H28N2O7.ClH/c1-4-23-14(20)10-8-12(16(22)25-6-3)18-13(19)9-7-11(17)15(21)24-5-2;/h11-12H,4-10,17H2,1-3H3,(H,18,19);1H/t11-,12-;/m0./s1. The molecule has 0 saturated carbocycles. The number of halogens is 1. The van der Waals surface area contributed by atoms with Crippen LogP contribution in [0, 0.1) is 0 Å². The highest BCUT2D eigenvalue weighted by molar-refractivity contribution is 5.86. The molecule has 0 rings (SSSR count). The Morgan fingerprint density at radius 1 is 0.846 bits per heavy atom. The lowest BCUT2D eigenvalue weighted by Gasteiger charge is -2.17. The molecule has 2 atom stereocenters. The molecule has 0 unspecified atom stereocenters. The van der Waals surface area contributed by atoms with Crippen LogP contribution >= 0.6 is 12.4 Å². The van der Waals surface area contributed by atoms with Gasteiger partial charge in [0.25, 0.3) is 0 Å². The molecule has 0 saturated heterocycles. The molecule has 9 nitrogen and oxygen atoms in total. The number of hydrogen-bond donors (Lipinski definition) is 2. The Bertz CT molecular complexity index is 460. The lowest BCUT2D eigenvalue weighted by atomic mass is 10.1. The quantitative estimate of drug-likeness (QED) is 0.359. The number of carbonyl (C=O) groups excluding carboxylic acids is 4. The predicted molar refractivity (Wildman–Crippen MR) is 95.5 cm³/mol. The minimum Gasteiger partial charge on any atom is -0.466 e. The van der Waals surface area contributed by atoms with Gasteiger partial charge in [-0.1, -0.05) is 0 Å². The van der Waals surface area contributed by atoms with Gasteiger partial charge in [0.15, 0.2) is 0 Å². The van der Waals surface area contributed by atoms with Gasteiger partial charge in [-0.3, -0.25) is 14.4 Å². The molecule has 0 aliphatic carbocycles. The Balaban J connectivity index is 0. The van der Waals surface area contributed by atoms with Crippen molar-refractivity contribution in [3.05, 3.63) is 0 Å². The third-order valence-electron chi connectivity index (χ3n) is 3.12. The van der Waals surface area contributed by atoms with Crippen LogP contribution in [0.3, 0.4) is 0 Å². The Morgan fingerprint density at radius 2 is 1.38 bits per heavy atom. The van der Waals surface area contributed by atoms with E-state index < -0.39 is 35.9 Å². The Kier molecular flexibility index (Phi) is 15.6. The fourth-order valence-corrected chi connectivity index (χ4v) is 1.91. The van der Waals surface area contributed by atoms with Gasteiger partial charge in [0.05, 0.1) is 19.8 Å². The summed E-state index contributed by atoms with van der Waals surface area (Å²) >= 11 is 0. The minimum atomic E-state index is -0.962. The van der Waals surface area contributed by atoms with Crippen molar-refractivity contribution in [2.75, 3.05) is 19.8 Å². The second kappa shape index (κ2) is 15.4. The molecule has 0 aliphatic heterocycles. The molecule has 0 spiro atoms. The number of esters is 3. The molecule has 0 bridgehead atoms. The van der Waals surface area contributed by atoms with Gasteiger partial charge in [-0.25, -0.2) is 4.79 Å². The normalized spacial score (nSPS) is 12.2. The maximum atomic E-state index is 12.0. The number of carbonyl (C=O) groups is 4. The van der Waals surface area contributed by atoms with Crippen molar-refractivity contribution < 1.29 is 33.4 Å². The SMILES string of the molecule is CCOC(=O)CC[C@H](NC(=O)CC[C@H](N)C(=O)OCC)C(=O)OCC.Cl. The molecular formula is C16H29ClN2O7. The van der Waals surface area contributed by atoms with Crippen molar-refractivity contribution in [2.45, 2.75) is 58.5 Å². The summed E-state index contributed by atoms with van der Waals surface area (Å²) in [6.45, 7) is 5.57. The zero-order valence-electron chi connectivity index (χ0n) is 15.4. The van der Waals surface area contributed by atoms with E-state index in [4.69, 9.17) is 19.9 Å². The summed E-state index contributed by atoms with van der Waals surface area (Å²) in [7, 11) is 0. The van der Waals surface area contributed by atoms with E-state index in [1.165, 1.54) is 0 Å². The number of hydrogen-bond acceptors (Lipinski definition) is 8. The first kappa shape index (κ1) is 26.4. The minimum absolute atomic E-state index is 0. The third-order valence-corrected chi connectivity index (χ3v) is 3.12. The van der Waals surface area contributed by atoms with Gasteiger partial charge >= 0.3 is 17.9 Å². The molecule has 0 heterocycles. The number of nitrogens with two attached hydrogens (primary N) is 1. The van der Waals surface area contributed by atoms with Crippen molar-refractivity contribution in [1.82, 2.24) is 5.32 Å². The highest BCUT2D eigenvalue weighted by atomic mass is 35.5. The van der Waals surface area contributed by atoms with Gasteiger partial charge in [0.1, 0.15) is 12.1 Å². The maximum Gasteiger partial charge on any atom is 0.328 e. The molecular weight excluding hydrogens is 368 g/mol. The second-order valence-corrected chi connectivity index (χ2v) is 5.11. The highest BCUT2D eigenvalue weighted by Crippen LogP contribution is 2.05. The van der Waals surface area contributed by atoms with Crippen molar-refractivity contribution >= 4 is 36.2 Å². The molecule has 0 aromatic carbocycles. The van der Waals surface area contributed by atoms with Crippen LogP contribution in [0.5, 0.6) is 0 Å². The van der Waals surface area contributed by atoms with Crippen molar-refractivity contribution in [3.8, 4) is 0 Å². The average Bonchev–Trinajstić information content (AvgIpc) is 2.56. The molecule has 0 fully saturated rings. The van der Waals surface area contributed by atoms with Gasteiger partial charge in [0, 0.05) is 12.8 Å². The van der Waals surface area contributed by atoms with Crippen LogP contribution in [0.4, 0.5) is 0 Å². The molecule has 3 N–H and O–H groups in total. The van der Waals surface area contributed by atoms with E-state index in [2.05, 4.69) is 5.32 Å². The van der Waals surface area contributed by atoms with Crippen LogP contribution in [0.15, 0.2) is 0 Å². The lowest BCUT2D eigenvalue weighted by molar-refractivity contribution is -0.149. The van der Waals surface area contributed by atoms with E-state index in [-0.39, 0.29) is 57.9 Å². The predicted octanol–water partition coefficient (Wildman–Crippen LogP) is 0.470. The molecule has 0 aromatic heterocycles. The first-order valence-corrected chi connectivity index (χ1v) is 8.39. The summed E-state index contributed by atoms with van der Waals surface area (Å²) in [6, 6.07) is -1.87. The van der Waals surface area contributed by atoms with E-state index >= 15 is 0 Å². The van der Waals surface area contributed by atoms with Crippen LogP contribution in [0.2, 0.25) is 0 Å². The summed E-state index contributed by atoms with van der Waals surface area (Å²) in [6.07, 6.45) is 0.0562. The van der Waals surface area contributed by atoms with Gasteiger partial charge in [0.2, 0.25) is 5.91 Å². The first-order valence-electron chi connectivity index (χ1n) is 8.39.